The molecule has 3 heteroatoms. The van der Waals surface area contributed by atoms with Gasteiger partial charge in [0.15, 0.2) is 0 Å². The molecule has 0 spiro atoms. The van der Waals surface area contributed by atoms with Crippen LogP contribution in [0.25, 0.3) is 0 Å². The predicted molar refractivity (Wildman–Crippen MR) is 83.1 cm³/mol. The molecule has 0 N–H and O–H groups in total. The van der Waals surface area contributed by atoms with Crippen LogP contribution < -0.4 is 0 Å². The number of hydrogen-bond acceptors (Lipinski definition) is 1. The van der Waals surface area contributed by atoms with Crippen LogP contribution in [0.3, 0.4) is 0 Å². The van der Waals surface area contributed by atoms with Crippen molar-refractivity contribution in [1.82, 2.24) is 4.98 Å². The summed E-state index contributed by atoms with van der Waals surface area (Å²) in [4.78, 5) is 4.22. The molecule has 0 aliphatic heterocycles. The standard InChI is InChI=1S/C15H15Br2N/c16-9-13(6-12-4-2-1-3-5-12)7-14-8-15(17)11-18-10-14/h1-5,8,10-11,13H,6-7,9H2. The fourth-order valence-corrected chi connectivity index (χ4v) is 2.90. The first-order valence-electron chi connectivity index (χ1n) is 5.97. The molecule has 0 saturated heterocycles. The average molecular weight is 369 g/mol. The van der Waals surface area contributed by atoms with Crippen molar-refractivity contribution in [2.75, 3.05) is 5.33 Å². The van der Waals surface area contributed by atoms with Crippen molar-refractivity contribution in [3.8, 4) is 0 Å². The second-order valence-electron chi connectivity index (χ2n) is 4.43. The molecule has 1 nitrogen and oxygen atoms in total. The molecule has 2 rings (SSSR count). The van der Waals surface area contributed by atoms with Gasteiger partial charge in [0.05, 0.1) is 0 Å². The van der Waals surface area contributed by atoms with Crippen molar-refractivity contribution in [2.24, 2.45) is 5.92 Å². The summed E-state index contributed by atoms with van der Waals surface area (Å²) in [6.45, 7) is 0. The zero-order valence-electron chi connectivity index (χ0n) is 10.0. The Labute approximate surface area is 125 Å². The summed E-state index contributed by atoms with van der Waals surface area (Å²) >= 11 is 7.08. The number of benzene rings is 1. The quantitative estimate of drug-likeness (QED) is 0.700. The molecule has 0 fully saturated rings. The van der Waals surface area contributed by atoms with Crippen LogP contribution >= 0.6 is 31.9 Å². The Morgan fingerprint density at radius 2 is 1.72 bits per heavy atom. The van der Waals surface area contributed by atoms with Crippen molar-refractivity contribution < 1.29 is 0 Å². The normalized spacial score (nSPS) is 12.3. The molecule has 0 radical (unpaired) electrons. The molecule has 1 atom stereocenters. The third kappa shape index (κ3) is 4.21. The maximum atomic E-state index is 4.22. The summed E-state index contributed by atoms with van der Waals surface area (Å²) < 4.78 is 1.05. The average Bonchev–Trinajstić information content (AvgIpc) is 2.39. The molecular formula is C15H15Br2N. The highest BCUT2D eigenvalue weighted by atomic mass is 79.9. The van der Waals surface area contributed by atoms with Crippen molar-refractivity contribution in [1.29, 1.82) is 0 Å². The van der Waals surface area contributed by atoms with Gasteiger partial charge < -0.3 is 0 Å². The summed E-state index contributed by atoms with van der Waals surface area (Å²) in [6.07, 6.45) is 5.92. The minimum absolute atomic E-state index is 0.600. The molecule has 1 aromatic heterocycles. The Kier molecular flexibility index (Phi) is 5.39. The number of alkyl halides is 1. The van der Waals surface area contributed by atoms with Gasteiger partial charge in [-0.2, -0.15) is 0 Å². The van der Waals surface area contributed by atoms with Gasteiger partial charge in [0.1, 0.15) is 0 Å². The van der Waals surface area contributed by atoms with Gasteiger partial charge >= 0.3 is 0 Å². The van der Waals surface area contributed by atoms with Gasteiger partial charge in [0, 0.05) is 22.2 Å². The molecule has 0 amide bonds. The Balaban J connectivity index is 2.01. The molecule has 0 saturated carbocycles. The number of aromatic nitrogens is 1. The van der Waals surface area contributed by atoms with E-state index in [0.717, 1.165) is 22.6 Å². The summed E-state index contributed by atoms with van der Waals surface area (Å²) in [7, 11) is 0. The predicted octanol–water partition coefficient (Wildman–Crippen LogP) is 4.64. The maximum absolute atomic E-state index is 4.22. The Morgan fingerprint density at radius 1 is 1.00 bits per heavy atom. The number of halogens is 2. The van der Waals surface area contributed by atoms with Crippen LogP contribution in [0.5, 0.6) is 0 Å². The zero-order valence-corrected chi connectivity index (χ0v) is 13.2. The fraction of sp³-hybridized carbons (Fsp3) is 0.267. The largest absolute Gasteiger partial charge is 0.263 e. The van der Waals surface area contributed by atoms with Crippen LogP contribution in [0.2, 0.25) is 0 Å². The molecule has 18 heavy (non-hydrogen) atoms. The number of nitrogens with zero attached hydrogens (tertiary/aromatic N) is 1. The van der Waals surface area contributed by atoms with Crippen LogP contribution in [0, 0.1) is 5.92 Å². The van der Waals surface area contributed by atoms with Crippen LogP contribution in [-0.4, -0.2) is 10.3 Å². The van der Waals surface area contributed by atoms with Gasteiger partial charge in [-0.3, -0.25) is 4.98 Å². The maximum Gasteiger partial charge on any atom is 0.0410 e. The SMILES string of the molecule is BrCC(Cc1ccccc1)Cc1cncc(Br)c1. The summed E-state index contributed by atoms with van der Waals surface area (Å²) in [5.74, 6) is 0.600. The lowest BCUT2D eigenvalue weighted by atomic mass is 9.95. The van der Waals surface area contributed by atoms with Crippen molar-refractivity contribution in [2.45, 2.75) is 12.8 Å². The smallest absolute Gasteiger partial charge is 0.0410 e. The Hall–Kier alpha value is -0.670. The minimum Gasteiger partial charge on any atom is -0.263 e. The van der Waals surface area contributed by atoms with E-state index in [1.165, 1.54) is 11.1 Å². The molecule has 2 aromatic rings. The van der Waals surface area contributed by atoms with E-state index in [1.54, 1.807) is 0 Å². The van der Waals surface area contributed by atoms with E-state index in [0.29, 0.717) is 5.92 Å². The molecule has 0 bridgehead atoms. The van der Waals surface area contributed by atoms with Crippen molar-refractivity contribution >= 4 is 31.9 Å². The topological polar surface area (TPSA) is 12.9 Å². The van der Waals surface area contributed by atoms with E-state index in [-0.39, 0.29) is 0 Å². The van der Waals surface area contributed by atoms with Crippen LogP contribution in [0.1, 0.15) is 11.1 Å². The lowest BCUT2D eigenvalue weighted by Crippen LogP contribution is -2.10. The van der Waals surface area contributed by atoms with E-state index >= 15 is 0 Å². The number of pyridine rings is 1. The van der Waals surface area contributed by atoms with Crippen LogP contribution in [-0.2, 0) is 12.8 Å². The Bertz CT molecular complexity index is 485. The minimum atomic E-state index is 0.600. The lowest BCUT2D eigenvalue weighted by Gasteiger charge is -2.14. The summed E-state index contributed by atoms with van der Waals surface area (Å²) in [6, 6.07) is 12.8. The molecular weight excluding hydrogens is 354 g/mol. The van der Waals surface area contributed by atoms with E-state index in [2.05, 4.69) is 73.2 Å². The highest BCUT2D eigenvalue weighted by Gasteiger charge is 2.10. The second-order valence-corrected chi connectivity index (χ2v) is 5.99. The molecule has 0 aliphatic rings. The molecule has 1 aromatic carbocycles. The fourth-order valence-electron chi connectivity index (χ4n) is 2.03. The first-order chi connectivity index (χ1) is 8.78. The molecule has 94 valence electrons. The van der Waals surface area contributed by atoms with Crippen LogP contribution in [0.15, 0.2) is 53.3 Å². The van der Waals surface area contributed by atoms with Gasteiger partial charge in [-0.25, -0.2) is 0 Å². The van der Waals surface area contributed by atoms with E-state index in [4.69, 9.17) is 0 Å². The molecule has 0 aliphatic carbocycles. The van der Waals surface area contributed by atoms with E-state index < -0.39 is 0 Å². The lowest BCUT2D eigenvalue weighted by molar-refractivity contribution is 0.590. The van der Waals surface area contributed by atoms with Gasteiger partial charge in [0.2, 0.25) is 0 Å². The second kappa shape index (κ2) is 7.05. The van der Waals surface area contributed by atoms with Gasteiger partial charge in [0.25, 0.3) is 0 Å². The summed E-state index contributed by atoms with van der Waals surface area (Å²) in [5.41, 5.74) is 2.68. The number of rotatable bonds is 5. The van der Waals surface area contributed by atoms with Gasteiger partial charge in [-0.05, 0) is 51.9 Å². The summed E-state index contributed by atoms with van der Waals surface area (Å²) in [5, 5.41) is 1.01. The van der Waals surface area contributed by atoms with Crippen LogP contribution in [0.4, 0.5) is 0 Å². The zero-order chi connectivity index (χ0) is 12.8. The Morgan fingerprint density at radius 3 is 2.39 bits per heavy atom. The van der Waals surface area contributed by atoms with E-state index in [1.807, 2.05) is 12.4 Å². The third-order valence-corrected chi connectivity index (χ3v) is 4.22. The first kappa shape index (κ1) is 13.8. The van der Waals surface area contributed by atoms with Crippen molar-refractivity contribution in [3.05, 3.63) is 64.4 Å². The highest BCUT2D eigenvalue weighted by Crippen LogP contribution is 2.18. The highest BCUT2D eigenvalue weighted by molar-refractivity contribution is 9.10. The van der Waals surface area contributed by atoms with E-state index in [9.17, 15) is 0 Å². The third-order valence-electron chi connectivity index (χ3n) is 2.87. The number of hydrogen-bond donors (Lipinski definition) is 0. The molecule has 1 heterocycles. The van der Waals surface area contributed by atoms with Gasteiger partial charge in [-0.1, -0.05) is 46.3 Å². The first-order valence-corrected chi connectivity index (χ1v) is 7.88. The van der Waals surface area contributed by atoms with Gasteiger partial charge in [-0.15, -0.1) is 0 Å². The van der Waals surface area contributed by atoms with Crippen molar-refractivity contribution in [3.63, 3.8) is 0 Å². The molecule has 1 unspecified atom stereocenters. The monoisotopic (exact) mass is 367 g/mol.